The first-order chi connectivity index (χ1) is 6.76. The molecule has 1 heterocycles. The maximum atomic E-state index is 8.90. The van der Waals surface area contributed by atoms with Crippen LogP contribution >= 0.6 is 45.5 Å². The van der Waals surface area contributed by atoms with E-state index in [1.54, 1.807) is 11.3 Å². The molecule has 0 fully saturated rings. The maximum Gasteiger partial charge on any atom is 0.101 e. The van der Waals surface area contributed by atoms with Gasteiger partial charge in [-0.1, -0.05) is 0 Å². The Hall–Kier alpha value is -0.310. The van der Waals surface area contributed by atoms with Gasteiger partial charge in [-0.2, -0.15) is 5.26 Å². The van der Waals surface area contributed by atoms with Crippen LogP contribution in [0.4, 0.5) is 0 Å². The Labute approximate surface area is 104 Å². The highest BCUT2D eigenvalue weighted by Gasteiger charge is 2.07. The van der Waals surface area contributed by atoms with Crippen molar-refractivity contribution in [2.45, 2.75) is 5.88 Å². The van der Waals surface area contributed by atoms with Crippen molar-refractivity contribution < 1.29 is 0 Å². The van der Waals surface area contributed by atoms with Crippen LogP contribution in [0.3, 0.4) is 0 Å². The lowest BCUT2D eigenvalue weighted by Crippen LogP contribution is -1.81. The summed E-state index contributed by atoms with van der Waals surface area (Å²) in [6.45, 7) is 0. The van der Waals surface area contributed by atoms with Crippen LogP contribution in [0.2, 0.25) is 0 Å². The lowest BCUT2D eigenvalue weighted by Gasteiger charge is -1.99. The molecule has 0 spiro atoms. The van der Waals surface area contributed by atoms with Gasteiger partial charge >= 0.3 is 0 Å². The second-order valence-electron chi connectivity index (χ2n) is 2.85. The first-order valence-electron chi connectivity index (χ1n) is 3.92. The van der Waals surface area contributed by atoms with Crippen molar-refractivity contribution in [1.82, 2.24) is 0 Å². The van der Waals surface area contributed by atoms with Crippen molar-refractivity contribution in [3.05, 3.63) is 32.2 Å². The molecule has 1 nitrogen and oxygen atoms in total. The Kier molecular flexibility index (Phi) is 2.96. The van der Waals surface area contributed by atoms with E-state index < -0.39 is 0 Å². The molecule has 0 aliphatic carbocycles. The molecular weight excluding hydrogens is 329 g/mol. The highest BCUT2D eigenvalue weighted by molar-refractivity contribution is 14.1. The number of thiophene rings is 1. The number of fused-ring (bicyclic) bond motifs is 1. The van der Waals surface area contributed by atoms with Crippen LogP contribution in [-0.4, -0.2) is 0 Å². The number of nitriles is 1. The number of rotatable bonds is 1. The van der Waals surface area contributed by atoms with Crippen LogP contribution in [0.25, 0.3) is 10.1 Å². The van der Waals surface area contributed by atoms with Crippen molar-refractivity contribution in [1.29, 1.82) is 5.26 Å². The van der Waals surface area contributed by atoms with Crippen LogP contribution in [0.5, 0.6) is 0 Å². The molecule has 0 aliphatic rings. The van der Waals surface area contributed by atoms with E-state index in [2.05, 4.69) is 34.7 Å². The molecule has 4 heteroatoms. The third-order valence-electron chi connectivity index (χ3n) is 1.96. The minimum absolute atomic E-state index is 0.493. The van der Waals surface area contributed by atoms with Gasteiger partial charge in [0.1, 0.15) is 6.07 Å². The third-order valence-corrected chi connectivity index (χ3v) is 4.52. The minimum atomic E-state index is 0.493. The van der Waals surface area contributed by atoms with Gasteiger partial charge in [-0.25, -0.2) is 0 Å². The number of hydrogen-bond donors (Lipinski definition) is 0. The molecule has 0 aliphatic heterocycles. The number of benzene rings is 1. The summed E-state index contributed by atoms with van der Waals surface area (Å²) in [5.74, 6) is 0.493. The number of alkyl halides is 1. The van der Waals surface area contributed by atoms with Crippen LogP contribution < -0.4 is 0 Å². The SMILES string of the molecule is N#Cc1csc2c(I)cc(CCl)cc12. The molecule has 0 unspecified atom stereocenters. The summed E-state index contributed by atoms with van der Waals surface area (Å²) < 4.78 is 2.35. The molecule has 70 valence electrons. The van der Waals surface area contributed by atoms with Gasteiger partial charge in [-0.15, -0.1) is 22.9 Å². The Balaban J connectivity index is 2.82. The fraction of sp³-hybridized carbons (Fsp3) is 0.100. The van der Waals surface area contributed by atoms with E-state index in [1.165, 1.54) is 8.27 Å². The molecular formula is C10H5ClINS. The lowest BCUT2D eigenvalue weighted by atomic mass is 10.1. The monoisotopic (exact) mass is 333 g/mol. The summed E-state index contributed by atoms with van der Waals surface area (Å²) >= 11 is 9.67. The predicted molar refractivity (Wildman–Crippen MR) is 68.8 cm³/mol. The molecule has 0 N–H and O–H groups in total. The fourth-order valence-corrected chi connectivity index (χ4v) is 3.42. The predicted octanol–water partition coefficient (Wildman–Crippen LogP) is 4.12. The summed E-state index contributed by atoms with van der Waals surface area (Å²) in [4.78, 5) is 0. The molecule has 0 saturated heterocycles. The lowest BCUT2D eigenvalue weighted by molar-refractivity contribution is 1.42. The molecule has 2 rings (SSSR count). The molecule has 1 aromatic heterocycles. The third kappa shape index (κ3) is 1.62. The van der Waals surface area contributed by atoms with Crippen molar-refractivity contribution >= 4 is 55.6 Å². The van der Waals surface area contributed by atoms with Gasteiger partial charge in [0, 0.05) is 24.9 Å². The van der Waals surface area contributed by atoms with E-state index in [1.807, 2.05) is 11.4 Å². The fourth-order valence-electron chi connectivity index (χ4n) is 1.31. The van der Waals surface area contributed by atoms with Gasteiger partial charge in [0.05, 0.1) is 5.56 Å². The summed E-state index contributed by atoms with van der Waals surface area (Å²) in [5.41, 5.74) is 1.81. The topological polar surface area (TPSA) is 23.8 Å². The molecule has 14 heavy (non-hydrogen) atoms. The molecule has 1 aromatic carbocycles. The second-order valence-corrected chi connectivity index (χ2v) is 5.16. The zero-order valence-corrected chi connectivity index (χ0v) is 10.8. The first-order valence-corrected chi connectivity index (χ1v) is 6.41. The maximum absolute atomic E-state index is 8.90. The number of hydrogen-bond acceptors (Lipinski definition) is 2. The Bertz CT molecular complexity index is 527. The summed E-state index contributed by atoms with van der Waals surface area (Å²) in [6, 6.07) is 6.26. The standard InChI is InChI=1S/C10H5ClINS/c11-3-6-1-8-7(4-13)5-14-10(8)9(12)2-6/h1-2,5H,3H2. The summed E-state index contributed by atoms with van der Waals surface area (Å²) in [5, 5.41) is 11.8. The van der Waals surface area contributed by atoms with Gasteiger partial charge in [-0.3, -0.25) is 0 Å². The van der Waals surface area contributed by atoms with E-state index in [9.17, 15) is 0 Å². The van der Waals surface area contributed by atoms with Crippen molar-refractivity contribution in [3.8, 4) is 6.07 Å². The normalized spacial score (nSPS) is 10.4. The van der Waals surface area contributed by atoms with E-state index in [0.717, 1.165) is 16.5 Å². The Morgan fingerprint density at radius 2 is 2.29 bits per heavy atom. The van der Waals surface area contributed by atoms with Crippen molar-refractivity contribution in [2.24, 2.45) is 0 Å². The highest BCUT2D eigenvalue weighted by Crippen LogP contribution is 2.31. The van der Waals surface area contributed by atoms with Crippen molar-refractivity contribution in [2.75, 3.05) is 0 Å². The quantitative estimate of drug-likeness (QED) is 0.569. The average molecular weight is 334 g/mol. The molecule has 0 radical (unpaired) electrons. The number of halogens is 2. The Morgan fingerprint density at radius 1 is 1.50 bits per heavy atom. The van der Waals surface area contributed by atoms with Gasteiger partial charge in [0.2, 0.25) is 0 Å². The molecule has 0 amide bonds. The zero-order chi connectivity index (χ0) is 10.1. The highest BCUT2D eigenvalue weighted by atomic mass is 127. The van der Waals surface area contributed by atoms with Crippen LogP contribution in [0.15, 0.2) is 17.5 Å². The molecule has 0 saturated carbocycles. The van der Waals surface area contributed by atoms with Gasteiger partial charge < -0.3 is 0 Å². The average Bonchev–Trinajstić information content (AvgIpc) is 2.61. The Morgan fingerprint density at radius 3 is 2.93 bits per heavy atom. The smallest absolute Gasteiger partial charge is 0.101 e. The van der Waals surface area contributed by atoms with E-state index >= 15 is 0 Å². The van der Waals surface area contributed by atoms with Gasteiger partial charge in [0.15, 0.2) is 0 Å². The molecule has 0 atom stereocenters. The van der Waals surface area contributed by atoms with E-state index in [4.69, 9.17) is 16.9 Å². The van der Waals surface area contributed by atoms with Gasteiger partial charge in [-0.05, 0) is 40.3 Å². The number of nitrogens with zero attached hydrogens (tertiary/aromatic N) is 1. The summed E-state index contributed by atoms with van der Waals surface area (Å²) in [7, 11) is 0. The molecule has 0 bridgehead atoms. The van der Waals surface area contributed by atoms with E-state index in [0.29, 0.717) is 5.88 Å². The minimum Gasteiger partial charge on any atom is -0.192 e. The van der Waals surface area contributed by atoms with Crippen LogP contribution in [-0.2, 0) is 5.88 Å². The van der Waals surface area contributed by atoms with Crippen LogP contribution in [0, 0.1) is 14.9 Å². The van der Waals surface area contributed by atoms with Gasteiger partial charge in [0.25, 0.3) is 0 Å². The summed E-state index contributed by atoms with van der Waals surface area (Å²) in [6.07, 6.45) is 0. The first kappa shape index (κ1) is 10.2. The zero-order valence-electron chi connectivity index (χ0n) is 7.05. The second kappa shape index (κ2) is 4.05. The molecule has 2 aromatic rings. The van der Waals surface area contributed by atoms with Crippen LogP contribution in [0.1, 0.15) is 11.1 Å². The van der Waals surface area contributed by atoms with E-state index in [-0.39, 0.29) is 0 Å². The largest absolute Gasteiger partial charge is 0.192 e. The van der Waals surface area contributed by atoms with Crippen molar-refractivity contribution in [3.63, 3.8) is 0 Å².